The van der Waals surface area contributed by atoms with Gasteiger partial charge in [0.05, 0.1) is 5.69 Å². The van der Waals surface area contributed by atoms with Crippen LogP contribution in [0.2, 0.25) is 0 Å². The summed E-state index contributed by atoms with van der Waals surface area (Å²) in [6, 6.07) is 5.87. The fraction of sp³-hybridized carbons (Fsp3) is 0. The Morgan fingerprint density at radius 2 is 2.06 bits per heavy atom. The average Bonchev–Trinajstić information content (AvgIpc) is 2.29. The zero-order valence-corrected chi connectivity index (χ0v) is 8.09. The number of hydrogen-bond donors (Lipinski definition) is 1. The summed E-state index contributed by atoms with van der Waals surface area (Å²) < 4.78 is 13.5. The molecule has 80 valence electrons. The van der Waals surface area contributed by atoms with Gasteiger partial charge in [0.15, 0.2) is 0 Å². The third-order valence-corrected chi connectivity index (χ3v) is 2.07. The molecular formula is C11H7FN2O2. The molecule has 0 aliphatic carbocycles. The molecule has 0 spiro atoms. The van der Waals surface area contributed by atoms with Gasteiger partial charge in [0, 0.05) is 11.8 Å². The lowest BCUT2D eigenvalue weighted by Gasteiger charge is -2.04. The van der Waals surface area contributed by atoms with Crippen molar-refractivity contribution in [2.24, 2.45) is 0 Å². The van der Waals surface area contributed by atoms with Crippen molar-refractivity contribution in [3.8, 4) is 11.3 Å². The van der Waals surface area contributed by atoms with Gasteiger partial charge < -0.3 is 5.11 Å². The van der Waals surface area contributed by atoms with Gasteiger partial charge in [-0.05, 0) is 12.1 Å². The molecular weight excluding hydrogens is 211 g/mol. The Hall–Kier alpha value is -2.30. The number of carboxylic acid groups (broad SMARTS) is 1. The van der Waals surface area contributed by atoms with Crippen LogP contribution in [-0.2, 0) is 0 Å². The maximum Gasteiger partial charge on any atom is 0.339 e. The number of hydrogen-bond acceptors (Lipinski definition) is 3. The second-order valence-corrected chi connectivity index (χ2v) is 3.07. The summed E-state index contributed by atoms with van der Waals surface area (Å²) in [4.78, 5) is 18.3. The number of aromatic carboxylic acids is 1. The van der Waals surface area contributed by atoms with Crippen LogP contribution in [0.25, 0.3) is 11.3 Å². The van der Waals surface area contributed by atoms with Gasteiger partial charge in [-0.3, -0.25) is 0 Å². The van der Waals surface area contributed by atoms with Crippen LogP contribution in [0.4, 0.5) is 4.39 Å². The minimum absolute atomic E-state index is 0.0839. The number of benzene rings is 1. The van der Waals surface area contributed by atoms with Crippen molar-refractivity contribution in [2.75, 3.05) is 0 Å². The number of nitrogens with zero attached hydrogens (tertiary/aromatic N) is 2. The predicted molar refractivity (Wildman–Crippen MR) is 54.4 cm³/mol. The molecule has 0 unspecified atom stereocenters. The van der Waals surface area contributed by atoms with E-state index in [1.54, 1.807) is 6.07 Å². The summed E-state index contributed by atoms with van der Waals surface area (Å²) >= 11 is 0. The Bertz CT molecular complexity index is 543. The standard InChI is InChI=1S/C11H7FN2O2/c12-9-4-2-1-3-7(9)10-8(11(15)16)5-13-6-14-10/h1-6H,(H,15,16). The quantitative estimate of drug-likeness (QED) is 0.837. The Balaban J connectivity index is 2.65. The van der Waals surface area contributed by atoms with E-state index in [1.807, 2.05) is 0 Å². The molecule has 1 aromatic carbocycles. The van der Waals surface area contributed by atoms with Gasteiger partial charge in [-0.15, -0.1) is 0 Å². The molecule has 1 heterocycles. The zero-order chi connectivity index (χ0) is 11.5. The molecule has 2 rings (SSSR count). The van der Waals surface area contributed by atoms with Crippen molar-refractivity contribution in [1.82, 2.24) is 9.97 Å². The molecule has 1 N–H and O–H groups in total. The van der Waals surface area contributed by atoms with E-state index in [4.69, 9.17) is 5.11 Å². The lowest BCUT2D eigenvalue weighted by Crippen LogP contribution is -2.03. The van der Waals surface area contributed by atoms with E-state index in [0.717, 1.165) is 6.20 Å². The van der Waals surface area contributed by atoms with Crippen molar-refractivity contribution in [3.05, 3.63) is 48.2 Å². The molecule has 0 atom stereocenters. The second-order valence-electron chi connectivity index (χ2n) is 3.07. The van der Waals surface area contributed by atoms with E-state index in [2.05, 4.69) is 9.97 Å². The zero-order valence-electron chi connectivity index (χ0n) is 8.09. The summed E-state index contributed by atoms with van der Waals surface area (Å²) in [6.45, 7) is 0. The second kappa shape index (κ2) is 4.06. The summed E-state index contributed by atoms with van der Waals surface area (Å²) in [5.74, 6) is -1.69. The molecule has 0 saturated carbocycles. The van der Waals surface area contributed by atoms with Crippen LogP contribution in [0.3, 0.4) is 0 Å². The highest BCUT2D eigenvalue weighted by Crippen LogP contribution is 2.23. The first-order chi connectivity index (χ1) is 7.70. The number of carbonyl (C=O) groups is 1. The SMILES string of the molecule is O=C(O)c1cncnc1-c1ccccc1F. The molecule has 0 aliphatic heterocycles. The van der Waals surface area contributed by atoms with E-state index < -0.39 is 11.8 Å². The number of carboxylic acids is 1. The minimum Gasteiger partial charge on any atom is -0.478 e. The fourth-order valence-corrected chi connectivity index (χ4v) is 1.35. The molecule has 2 aromatic rings. The monoisotopic (exact) mass is 218 g/mol. The topological polar surface area (TPSA) is 63.1 Å². The fourth-order valence-electron chi connectivity index (χ4n) is 1.35. The molecule has 0 fully saturated rings. The van der Waals surface area contributed by atoms with Gasteiger partial charge in [0.25, 0.3) is 0 Å². The number of aromatic nitrogens is 2. The van der Waals surface area contributed by atoms with Gasteiger partial charge in [-0.2, -0.15) is 0 Å². The van der Waals surface area contributed by atoms with Gasteiger partial charge in [0.1, 0.15) is 17.7 Å². The third kappa shape index (κ3) is 1.75. The summed E-state index contributed by atoms with van der Waals surface area (Å²) in [7, 11) is 0. The lowest BCUT2D eigenvalue weighted by atomic mass is 10.1. The van der Waals surface area contributed by atoms with Crippen LogP contribution in [0.1, 0.15) is 10.4 Å². The summed E-state index contributed by atoms with van der Waals surface area (Å²) in [6.07, 6.45) is 2.34. The van der Waals surface area contributed by atoms with E-state index >= 15 is 0 Å². The van der Waals surface area contributed by atoms with Crippen LogP contribution >= 0.6 is 0 Å². The average molecular weight is 218 g/mol. The smallest absolute Gasteiger partial charge is 0.339 e. The van der Waals surface area contributed by atoms with Gasteiger partial charge in [0.2, 0.25) is 0 Å². The Labute approximate surface area is 90.4 Å². The van der Waals surface area contributed by atoms with Crippen molar-refractivity contribution >= 4 is 5.97 Å². The van der Waals surface area contributed by atoms with E-state index in [0.29, 0.717) is 0 Å². The first kappa shape index (κ1) is 10.2. The molecule has 0 aliphatic rings. The highest BCUT2D eigenvalue weighted by molar-refractivity contribution is 5.94. The molecule has 0 amide bonds. The normalized spacial score (nSPS) is 10.1. The van der Waals surface area contributed by atoms with Crippen LogP contribution < -0.4 is 0 Å². The Kier molecular flexibility index (Phi) is 2.59. The molecule has 4 nitrogen and oxygen atoms in total. The molecule has 16 heavy (non-hydrogen) atoms. The Morgan fingerprint density at radius 3 is 2.75 bits per heavy atom. The summed E-state index contributed by atoms with van der Waals surface area (Å²) in [5.41, 5.74) is 0.121. The maximum absolute atomic E-state index is 13.5. The van der Waals surface area contributed by atoms with Gasteiger partial charge in [-0.1, -0.05) is 12.1 Å². The van der Waals surface area contributed by atoms with Crippen molar-refractivity contribution in [1.29, 1.82) is 0 Å². The Morgan fingerprint density at radius 1 is 1.31 bits per heavy atom. The number of halogens is 1. The molecule has 0 radical (unpaired) electrons. The third-order valence-electron chi connectivity index (χ3n) is 2.07. The van der Waals surface area contributed by atoms with Crippen LogP contribution in [0, 0.1) is 5.82 Å². The highest BCUT2D eigenvalue weighted by atomic mass is 19.1. The molecule has 0 saturated heterocycles. The molecule has 1 aromatic heterocycles. The van der Waals surface area contributed by atoms with Crippen LogP contribution in [0.5, 0.6) is 0 Å². The van der Waals surface area contributed by atoms with Crippen molar-refractivity contribution in [3.63, 3.8) is 0 Å². The lowest BCUT2D eigenvalue weighted by molar-refractivity contribution is 0.0697. The molecule has 5 heteroatoms. The van der Waals surface area contributed by atoms with Gasteiger partial charge >= 0.3 is 5.97 Å². The molecule has 0 bridgehead atoms. The minimum atomic E-state index is -1.18. The van der Waals surface area contributed by atoms with Crippen molar-refractivity contribution < 1.29 is 14.3 Å². The van der Waals surface area contributed by atoms with Crippen molar-refractivity contribution in [2.45, 2.75) is 0 Å². The van der Waals surface area contributed by atoms with Crippen LogP contribution in [0.15, 0.2) is 36.8 Å². The summed E-state index contributed by atoms with van der Waals surface area (Å²) in [5, 5.41) is 8.92. The van der Waals surface area contributed by atoms with Gasteiger partial charge in [-0.25, -0.2) is 19.2 Å². The van der Waals surface area contributed by atoms with Crippen LogP contribution in [-0.4, -0.2) is 21.0 Å². The maximum atomic E-state index is 13.5. The number of rotatable bonds is 2. The van der Waals surface area contributed by atoms with E-state index in [9.17, 15) is 9.18 Å². The largest absolute Gasteiger partial charge is 0.478 e. The first-order valence-corrected chi connectivity index (χ1v) is 4.48. The highest BCUT2D eigenvalue weighted by Gasteiger charge is 2.15. The van der Waals surface area contributed by atoms with E-state index in [-0.39, 0.29) is 16.8 Å². The predicted octanol–water partition coefficient (Wildman–Crippen LogP) is 1.98. The van der Waals surface area contributed by atoms with E-state index in [1.165, 1.54) is 24.5 Å². The first-order valence-electron chi connectivity index (χ1n) is 4.48.